The summed E-state index contributed by atoms with van der Waals surface area (Å²) in [4.78, 5) is 27.5. The Morgan fingerprint density at radius 1 is 1.21 bits per heavy atom. The molecule has 0 spiro atoms. The fourth-order valence-corrected chi connectivity index (χ4v) is 1.40. The number of hydroxylamine groups is 2. The van der Waals surface area contributed by atoms with Crippen molar-refractivity contribution in [2.75, 3.05) is 6.61 Å². The summed E-state index contributed by atoms with van der Waals surface area (Å²) in [5, 5.41) is 0.929. The normalized spacial score (nSPS) is 17.2. The molecule has 0 aliphatic carbocycles. The van der Waals surface area contributed by atoms with Gasteiger partial charge in [0.05, 0.1) is 6.61 Å². The molecule has 4 heteroatoms. The standard InChI is InChI=1S/C10H17NO3/c1-3-8(4-2)7-14-11-9(12)5-6-10(11)13/h8H,3-7H2,1-2H3. The highest BCUT2D eigenvalue weighted by molar-refractivity contribution is 6.00. The highest BCUT2D eigenvalue weighted by atomic mass is 16.7. The van der Waals surface area contributed by atoms with Crippen LogP contribution in [0.15, 0.2) is 0 Å². The lowest BCUT2D eigenvalue weighted by atomic mass is 10.1. The van der Waals surface area contributed by atoms with Crippen molar-refractivity contribution in [2.45, 2.75) is 39.5 Å². The monoisotopic (exact) mass is 199 g/mol. The molecule has 14 heavy (non-hydrogen) atoms. The van der Waals surface area contributed by atoms with Crippen LogP contribution in [0.2, 0.25) is 0 Å². The second-order valence-electron chi connectivity index (χ2n) is 3.56. The predicted octanol–water partition coefficient (Wildman–Crippen LogP) is 1.50. The molecule has 0 atom stereocenters. The SMILES string of the molecule is CCC(CC)CON1C(=O)CCC1=O. The van der Waals surface area contributed by atoms with Crippen LogP contribution in [0, 0.1) is 5.92 Å². The van der Waals surface area contributed by atoms with Gasteiger partial charge in [-0.15, -0.1) is 0 Å². The molecule has 0 radical (unpaired) electrons. The molecule has 80 valence electrons. The van der Waals surface area contributed by atoms with Crippen LogP contribution in [-0.4, -0.2) is 23.5 Å². The van der Waals surface area contributed by atoms with Gasteiger partial charge in [0.1, 0.15) is 0 Å². The van der Waals surface area contributed by atoms with Gasteiger partial charge >= 0.3 is 0 Å². The summed E-state index contributed by atoms with van der Waals surface area (Å²) in [5.41, 5.74) is 0. The number of hydrogen-bond donors (Lipinski definition) is 0. The topological polar surface area (TPSA) is 46.6 Å². The molecule has 2 amide bonds. The second-order valence-corrected chi connectivity index (χ2v) is 3.56. The molecule has 0 aromatic heterocycles. The number of amides is 2. The Morgan fingerprint density at radius 2 is 1.71 bits per heavy atom. The zero-order valence-corrected chi connectivity index (χ0v) is 8.78. The van der Waals surface area contributed by atoms with E-state index in [2.05, 4.69) is 13.8 Å². The van der Waals surface area contributed by atoms with E-state index in [1.807, 2.05) is 0 Å². The summed E-state index contributed by atoms with van der Waals surface area (Å²) in [7, 11) is 0. The third kappa shape index (κ3) is 2.54. The molecule has 0 N–H and O–H groups in total. The van der Waals surface area contributed by atoms with Gasteiger partial charge in [-0.3, -0.25) is 14.4 Å². The Hall–Kier alpha value is -0.900. The first-order valence-corrected chi connectivity index (χ1v) is 5.17. The molecule has 1 aliphatic heterocycles. The molecule has 0 bridgehead atoms. The van der Waals surface area contributed by atoms with Crippen LogP contribution in [0.5, 0.6) is 0 Å². The third-order valence-electron chi connectivity index (χ3n) is 2.60. The summed E-state index contributed by atoms with van der Waals surface area (Å²) in [5.74, 6) is 0.0121. The highest BCUT2D eigenvalue weighted by Crippen LogP contribution is 2.15. The minimum atomic E-state index is -0.207. The van der Waals surface area contributed by atoms with Crippen LogP contribution in [0.3, 0.4) is 0 Å². The lowest BCUT2D eigenvalue weighted by molar-refractivity contribution is -0.191. The molecule has 0 unspecified atom stereocenters. The van der Waals surface area contributed by atoms with Crippen LogP contribution >= 0.6 is 0 Å². The van der Waals surface area contributed by atoms with Gasteiger partial charge in [-0.25, -0.2) is 0 Å². The Labute approximate surface area is 84.2 Å². The summed E-state index contributed by atoms with van der Waals surface area (Å²) >= 11 is 0. The van der Waals surface area contributed by atoms with E-state index in [0.29, 0.717) is 25.4 Å². The highest BCUT2D eigenvalue weighted by Gasteiger charge is 2.30. The smallest absolute Gasteiger partial charge is 0.253 e. The average Bonchev–Trinajstić information content (AvgIpc) is 2.50. The van der Waals surface area contributed by atoms with E-state index in [1.54, 1.807) is 0 Å². The number of hydrogen-bond acceptors (Lipinski definition) is 3. The summed E-state index contributed by atoms with van der Waals surface area (Å²) < 4.78 is 0. The largest absolute Gasteiger partial charge is 0.272 e. The minimum absolute atomic E-state index is 0.207. The van der Waals surface area contributed by atoms with Gasteiger partial charge in [0.25, 0.3) is 11.8 Å². The predicted molar refractivity (Wildman–Crippen MR) is 51.1 cm³/mol. The molecule has 0 aromatic rings. The summed E-state index contributed by atoms with van der Waals surface area (Å²) in [6.45, 7) is 4.61. The van der Waals surface area contributed by atoms with Crippen molar-refractivity contribution >= 4 is 11.8 Å². The molecular weight excluding hydrogens is 182 g/mol. The number of carbonyl (C=O) groups excluding carboxylic acids is 2. The molecule has 1 aliphatic rings. The first kappa shape index (κ1) is 11.2. The van der Waals surface area contributed by atoms with E-state index in [4.69, 9.17) is 4.84 Å². The van der Waals surface area contributed by atoms with Crippen molar-refractivity contribution in [2.24, 2.45) is 5.92 Å². The third-order valence-corrected chi connectivity index (χ3v) is 2.60. The number of nitrogens with zero attached hydrogens (tertiary/aromatic N) is 1. The molecule has 0 aromatic carbocycles. The van der Waals surface area contributed by atoms with Crippen LogP contribution in [0.25, 0.3) is 0 Å². The van der Waals surface area contributed by atoms with Crippen LogP contribution in [-0.2, 0) is 14.4 Å². The molecule has 1 rings (SSSR count). The molecule has 1 fully saturated rings. The maximum atomic E-state index is 11.2. The lowest BCUT2D eigenvalue weighted by Gasteiger charge is -2.17. The van der Waals surface area contributed by atoms with Gasteiger partial charge in [-0.2, -0.15) is 5.06 Å². The van der Waals surface area contributed by atoms with Gasteiger partial charge in [0, 0.05) is 12.8 Å². The fourth-order valence-electron chi connectivity index (χ4n) is 1.40. The van der Waals surface area contributed by atoms with Crippen molar-refractivity contribution in [1.82, 2.24) is 5.06 Å². The van der Waals surface area contributed by atoms with Crippen molar-refractivity contribution in [3.63, 3.8) is 0 Å². The lowest BCUT2D eigenvalue weighted by Crippen LogP contribution is -2.31. The Kier molecular flexibility index (Phi) is 4.07. The van der Waals surface area contributed by atoms with E-state index >= 15 is 0 Å². The number of rotatable bonds is 5. The Balaban J connectivity index is 2.36. The molecule has 1 heterocycles. The summed E-state index contributed by atoms with van der Waals surface area (Å²) in [6, 6.07) is 0. The zero-order chi connectivity index (χ0) is 10.6. The van der Waals surface area contributed by atoms with Gasteiger partial charge in [-0.05, 0) is 5.92 Å². The van der Waals surface area contributed by atoms with Crippen molar-refractivity contribution in [3.05, 3.63) is 0 Å². The van der Waals surface area contributed by atoms with E-state index in [9.17, 15) is 9.59 Å². The Morgan fingerprint density at radius 3 is 2.14 bits per heavy atom. The quantitative estimate of drug-likeness (QED) is 0.630. The number of carbonyl (C=O) groups is 2. The van der Waals surface area contributed by atoms with Crippen molar-refractivity contribution in [1.29, 1.82) is 0 Å². The van der Waals surface area contributed by atoms with Crippen LogP contribution in [0.1, 0.15) is 39.5 Å². The minimum Gasteiger partial charge on any atom is -0.272 e. The first-order valence-electron chi connectivity index (χ1n) is 5.17. The van der Waals surface area contributed by atoms with Gasteiger partial charge in [0.15, 0.2) is 0 Å². The Bertz CT molecular complexity index is 207. The van der Waals surface area contributed by atoms with Gasteiger partial charge in [0.2, 0.25) is 0 Å². The molecule has 0 saturated carbocycles. The average molecular weight is 199 g/mol. The van der Waals surface area contributed by atoms with E-state index in [1.165, 1.54) is 0 Å². The second kappa shape index (κ2) is 5.10. The van der Waals surface area contributed by atoms with E-state index in [-0.39, 0.29) is 11.8 Å². The van der Waals surface area contributed by atoms with Crippen LogP contribution in [0.4, 0.5) is 0 Å². The van der Waals surface area contributed by atoms with Gasteiger partial charge < -0.3 is 0 Å². The van der Waals surface area contributed by atoms with Crippen molar-refractivity contribution < 1.29 is 14.4 Å². The molecule has 1 saturated heterocycles. The zero-order valence-electron chi connectivity index (χ0n) is 8.78. The van der Waals surface area contributed by atoms with Gasteiger partial charge in [-0.1, -0.05) is 26.7 Å². The fraction of sp³-hybridized carbons (Fsp3) is 0.800. The summed E-state index contributed by atoms with van der Waals surface area (Å²) in [6.07, 6.45) is 2.60. The first-order chi connectivity index (χ1) is 6.69. The van der Waals surface area contributed by atoms with Crippen LogP contribution < -0.4 is 0 Å². The van der Waals surface area contributed by atoms with Crippen molar-refractivity contribution in [3.8, 4) is 0 Å². The number of imide groups is 1. The molecular formula is C10H17NO3. The maximum Gasteiger partial charge on any atom is 0.253 e. The van der Waals surface area contributed by atoms with E-state index < -0.39 is 0 Å². The van der Waals surface area contributed by atoms with E-state index in [0.717, 1.165) is 17.9 Å². The maximum absolute atomic E-state index is 11.2. The molecule has 4 nitrogen and oxygen atoms in total.